The smallest absolute Gasteiger partial charge is 0.138 e. The van der Waals surface area contributed by atoms with E-state index in [-0.39, 0.29) is 6.04 Å². The van der Waals surface area contributed by atoms with Crippen LogP contribution in [0.4, 0.5) is 0 Å². The van der Waals surface area contributed by atoms with E-state index in [1.807, 2.05) is 16.1 Å². The fraction of sp³-hybridized carbons (Fsp3) is 0.500. The number of methoxy groups -OCH3 is 1. The Labute approximate surface area is 116 Å². The summed E-state index contributed by atoms with van der Waals surface area (Å²) < 4.78 is 7.12. The van der Waals surface area contributed by atoms with Gasteiger partial charge in [0.05, 0.1) is 13.2 Å². The van der Waals surface area contributed by atoms with E-state index in [4.69, 9.17) is 10.6 Å². The number of nitrogens with zero attached hydrogens (tertiary/aromatic N) is 3. The zero-order valence-corrected chi connectivity index (χ0v) is 12.0. The number of aromatic nitrogens is 3. The molecule has 1 unspecified atom stereocenters. The maximum absolute atomic E-state index is 5.65. The van der Waals surface area contributed by atoms with Crippen molar-refractivity contribution in [3.05, 3.63) is 28.5 Å². The molecule has 0 aliphatic rings. The summed E-state index contributed by atoms with van der Waals surface area (Å²) in [6, 6.07) is 2.02. The largest absolute Gasteiger partial charge is 0.496 e. The standard InChI is InChI=1S/C12H19N5OS/c1-3-4-17-12(14-8-15-17)6-10(16-13)11-5-9(18-2)7-19-11/h5,7-8,10,16H,3-4,6,13H2,1-2H3. The fourth-order valence-electron chi connectivity index (χ4n) is 1.89. The van der Waals surface area contributed by atoms with Gasteiger partial charge in [0.2, 0.25) is 0 Å². The lowest BCUT2D eigenvalue weighted by atomic mass is 10.1. The number of hydrazine groups is 1. The van der Waals surface area contributed by atoms with E-state index in [2.05, 4.69) is 22.4 Å². The molecule has 0 bridgehead atoms. The first kappa shape index (κ1) is 14.0. The van der Waals surface area contributed by atoms with Crippen LogP contribution in [0.1, 0.15) is 30.1 Å². The lowest BCUT2D eigenvalue weighted by Crippen LogP contribution is -2.30. The maximum Gasteiger partial charge on any atom is 0.138 e. The molecule has 2 rings (SSSR count). The van der Waals surface area contributed by atoms with Gasteiger partial charge in [-0.25, -0.2) is 4.98 Å². The van der Waals surface area contributed by atoms with Crippen LogP contribution in [-0.2, 0) is 13.0 Å². The number of thiophene rings is 1. The van der Waals surface area contributed by atoms with Crippen molar-refractivity contribution < 1.29 is 4.74 Å². The quantitative estimate of drug-likeness (QED) is 0.594. The normalized spacial score (nSPS) is 12.6. The number of nitrogens with one attached hydrogen (secondary N) is 1. The molecular weight excluding hydrogens is 262 g/mol. The Bertz CT molecular complexity index is 510. The SMILES string of the molecule is CCCn1ncnc1CC(NN)c1cc(OC)cs1. The maximum atomic E-state index is 5.65. The number of hydrogen-bond donors (Lipinski definition) is 2. The topological polar surface area (TPSA) is 78.0 Å². The van der Waals surface area contributed by atoms with Gasteiger partial charge in [0.25, 0.3) is 0 Å². The first-order valence-electron chi connectivity index (χ1n) is 6.23. The number of hydrogen-bond acceptors (Lipinski definition) is 6. The number of aryl methyl sites for hydroxylation is 1. The van der Waals surface area contributed by atoms with Crippen molar-refractivity contribution in [2.24, 2.45) is 5.84 Å². The van der Waals surface area contributed by atoms with Crippen molar-refractivity contribution in [2.45, 2.75) is 32.4 Å². The van der Waals surface area contributed by atoms with Gasteiger partial charge < -0.3 is 4.74 Å². The molecule has 2 aromatic rings. The second-order valence-electron chi connectivity index (χ2n) is 4.21. The minimum absolute atomic E-state index is 0.0220. The van der Waals surface area contributed by atoms with Crippen molar-refractivity contribution in [3.63, 3.8) is 0 Å². The average Bonchev–Trinajstić information content (AvgIpc) is 3.05. The van der Waals surface area contributed by atoms with Crippen LogP contribution in [0.25, 0.3) is 0 Å². The molecule has 6 nitrogen and oxygen atoms in total. The summed E-state index contributed by atoms with van der Waals surface area (Å²) in [5, 5.41) is 6.19. The first-order valence-corrected chi connectivity index (χ1v) is 7.11. The first-order chi connectivity index (χ1) is 9.28. The third-order valence-electron chi connectivity index (χ3n) is 2.89. The van der Waals surface area contributed by atoms with Crippen molar-refractivity contribution >= 4 is 11.3 Å². The van der Waals surface area contributed by atoms with E-state index in [0.29, 0.717) is 6.42 Å². The van der Waals surface area contributed by atoms with Gasteiger partial charge in [-0.3, -0.25) is 16.0 Å². The van der Waals surface area contributed by atoms with E-state index >= 15 is 0 Å². The van der Waals surface area contributed by atoms with Gasteiger partial charge in [0, 0.05) is 23.2 Å². The molecular formula is C12H19N5OS. The molecule has 1 atom stereocenters. The molecule has 0 spiro atoms. The van der Waals surface area contributed by atoms with Gasteiger partial charge in [0.1, 0.15) is 17.9 Å². The Morgan fingerprint density at radius 1 is 1.58 bits per heavy atom. The van der Waals surface area contributed by atoms with Crippen molar-refractivity contribution in [2.75, 3.05) is 7.11 Å². The van der Waals surface area contributed by atoms with Gasteiger partial charge in [0.15, 0.2) is 0 Å². The van der Waals surface area contributed by atoms with E-state index in [1.54, 1.807) is 24.8 Å². The van der Waals surface area contributed by atoms with Crippen LogP contribution < -0.4 is 16.0 Å². The Hall–Kier alpha value is -1.44. The van der Waals surface area contributed by atoms with Crippen LogP contribution in [-0.4, -0.2) is 21.9 Å². The second-order valence-corrected chi connectivity index (χ2v) is 5.15. The Morgan fingerprint density at radius 2 is 2.42 bits per heavy atom. The zero-order chi connectivity index (χ0) is 13.7. The summed E-state index contributed by atoms with van der Waals surface area (Å²) >= 11 is 1.62. The predicted molar refractivity (Wildman–Crippen MR) is 75.0 cm³/mol. The van der Waals surface area contributed by atoms with Gasteiger partial charge in [-0.05, 0) is 12.5 Å². The zero-order valence-electron chi connectivity index (χ0n) is 11.2. The molecule has 0 radical (unpaired) electrons. The summed E-state index contributed by atoms with van der Waals surface area (Å²) in [4.78, 5) is 5.43. The monoisotopic (exact) mass is 281 g/mol. The summed E-state index contributed by atoms with van der Waals surface area (Å²) in [5.41, 5.74) is 2.84. The highest BCUT2D eigenvalue weighted by atomic mass is 32.1. The number of rotatable bonds is 7. The molecule has 0 aromatic carbocycles. The molecule has 3 N–H and O–H groups in total. The highest BCUT2D eigenvalue weighted by Crippen LogP contribution is 2.28. The summed E-state index contributed by atoms with van der Waals surface area (Å²) in [6.07, 6.45) is 3.33. The van der Waals surface area contributed by atoms with Crippen LogP contribution in [0, 0.1) is 0 Å². The van der Waals surface area contributed by atoms with E-state index in [1.165, 1.54) is 0 Å². The molecule has 0 aliphatic heterocycles. The van der Waals surface area contributed by atoms with E-state index in [0.717, 1.165) is 29.4 Å². The van der Waals surface area contributed by atoms with Gasteiger partial charge >= 0.3 is 0 Å². The van der Waals surface area contributed by atoms with Gasteiger partial charge in [-0.2, -0.15) is 5.10 Å². The lowest BCUT2D eigenvalue weighted by molar-refractivity contribution is 0.415. The minimum atomic E-state index is 0.0220. The third-order valence-corrected chi connectivity index (χ3v) is 3.92. The Morgan fingerprint density at radius 3 is 3.05 bits per heavy atom. The molecule has 7 heteroatoms. The number of nitrogens with two attached hydrogens (primary N) is 1. The molecule has 0 saturated heterocycles. The molecule has 0 amide bonds. The van der Waals surface area contributed by atoms with Crippen molar-refractivity contribution in [1.29, 1.82) is 0 Å². The molecule has 0 aliphatic carbocycles. The van der Waals surface area contributed by atoms with Gasteiger partial charge in [-0.1, -0.05) is 6.92 Å². The summed E-state index contributed by atoms with van der Waals surface area (Å²) in [7, 11) is 1.66. The average molecular weight is 281 g/mol. The lowest BCUT2D eigenvalue weighted by Gasteiger charge is -2.14. The molecule has 104 valence electrons. The van der Waals surface area contributed by atoms with Crippen LogP contribution >= 0.6 is 11.3 Å². The van der Waals surface area contributed by atoms with Gasteiger partial charge in [-0.15, -0.1) is 11.3 Å². The highest BCUT2D eigenvalue weighted by molar-refractivity contribution is 7.10. The molecule has 0 saturated carbocycles. The molecule has 0 fully saturated rings. The van der Waals surface area contributed by atoms with Crippen LogP contribution in [0.2, 0.25) is 0 Å². The molecule has 2 aromatic heterocycles. The van der Waals surface area contributed by atoms with Crippen molar-refractivity contribution in [3.8, 4) is 5.75 Å². The van der Waals surface area contributed by atoms with E-state index in [9.17, 15) is 0 Å². The fourth-order valence-corrected chi connectivity index (χ4v) is 2.81. The van der Waals surface area contributed by atoms with Crippen LogP contribution in [0.3, 0.4) is 0 Å². The molecule has 2 heterocycles. The Balaban J connectivity index is 2.12. The van der Waals surface area contributed by atoms with Crippen molar-refractivity contribution in [1.82, 2.24) is 20.2 Å². The number of ether oxygens (including phenoxy) is 1. The van der Waals surface area contributed by atoms with Crippen LogP contribution in [0.15, 0.2) is 17.8 Å². The third kappa shape index (κ3) is 3.31. The second kappa shape index (κ2) is 6.65. The Kier molecular flexibility index (Phi) is 4.89. The molecule has 19 heavy (non-hydrogen) atoms. The van der Waals surface area contributed by atoms with E-state index < -0.39 is 0 Å². The summed E-state index contributed by atoms with van der Waals surface area (Å²) in [6.45, 7) is 2.99. The van der Waals surface area contributed by atoms with Crippen LogP contribution in [0.5, 0.6) is 5.75 Å². The summed E-state index contributed by atoms with van der Waals surface area (Å²) in [5.74, 6) is 7.45. The minimum Gasteiger partial charge on any atom is -0.496 e. The highest BCUT2D eigenvalue weighted by Gasteiger charge is 2.16. The predicted octanol–water partition coefficient (Wildman–Crippen LogP) is 1.51.